The summed E-state index contributed by atoms with van der Waals surface area (Å²) in [6.45, 7) is 7.83. The van der Waals surface area contributed by atoms with Gasteiger partial charge in [-0.3, -0.25) is 9.59 Å². The Morgan fingerprint density at radius 3 is 2.45 bits per heavy atom. The molecule has 1 heterocycles. The van der Waals surface area contributed by atoms with E-state index in [9.17, 15) is 9.59 Å². The summed E-state index contributed by atoms with van der Waals surface area (Å²) in [7, 11) is 0. The Bertz CT molecular complexity index is 487. The SMILES string of the molecule is CC(C)(C)C1CC(=O)N(CCC(=O)c2ccccc2)C1. The van der Waals surface area contributed by atoms with E-state index in [1.807, 2.05) is 35.2 Å². The van der Waals surface area contributed by atoms with Crippen LogP contribution in [0.4, 0.5) is 0 Å². The summed E-state index contributed by atoms with van der Waals surface area (Å²) in [6.07, 6.45) is 1.02. The fraction of sp³-hybridized carbons (Fsp3) is 0.529. The number of Topliss-reactive ketones (excluding diaryl/α,β-unsaturated/α-hetero) is 1. The number of hydrogen-bond donors (Lipinski definition) is 0. The van der Waals surface area contributed by atoms with Gasteiger partial charge >= 0.3 is 0 Å². The van der Waals surface area contributed by atoms with Crippen molar-refractivity contribution in [3.8, 4) is 0 Å². The Hall–Kier alpha value is -1.64. The standard InChI is InChI=1S/C17H23NO2/c1-17(2,3)14-11-16(20)18(12-14)10-9-15(19)13-7-5-4-6-8-13/h4-8,14H,9-12H2,1-3H3. The monoisotopic (exact) mass is 273 g/mol. The van der Waals surface area contributed by atoms with E-state index >= 15 is 0 Å². The molecule has 0 spiro atoms. The second-order valence-corrected chi connectivity index (χ2v) is 6.65. The zero-order valence-electron chi connectivity index (χ0n) is 12.6. The number of amides is 1. The van der Waals surface area contributed by atoms with E-state index in [-0.39, 0.29) is 17.1 Å². The lowest BCUT2D eigenvalue weighted by atomic mass is 9.80. The van der Waals surface area contributed by atoms with Gasteiger partial charge in [-0.2, -0.15) is 0 Å². The molecule has 0 N–H and O–H groups in total. The molecule has 1 fully saturated rings. The molecule has 1 atom stereocenters. The third kappa shape index (κ3) is 3.47. The van der Waals surface area contributed by atoms with E-state index in [4.69, 9.17) is 0 Å². The molecule has 3 nitrogen and oxygen atoms in total. The van der Waals surface area contributed by atoms with Crippen LogP contribution in [0.2, 0.25) is 0 Å². The molecular formula is C17H23NO2. The number of ketones is 1. The maximum absolute atomic E-state index is 12.0. The van der Waals surface area contributed by atoms with Crippen molar-refractivity contribution < 1.29 is 9.59 Å². The van der Waals surface area contributed by atoms with Crippen LogP contribution < -0.4 is 0 Å². The van der Waals surface area contributed by atoms with Gasteiger partial charge in [0, 0.05) is 31.5 Å². The van der Waals surface area contributed by atoms with E-state index in [2.05, 4.69) is 20.8 Å². The predicted molar refractivity (Wildman–Crippen MR) is 79.5 cm³/mol. The minimum absolute atomic E-state index is 0.109. The number of likely N-dealkylation sites (tertiary alicyclic amines) is 1. The molecule has 1 aliphatic rings. The summed E-state index contributed by atoms with van der Waals surface area (Å²) in [5.74, 6) is 0.685. The normalized spacial score (nSPS) is 19.4. The second-order valence-electron chi connectivity index (χ2n) is 6.65. The smallest absolute Gasteiger partial charge is 0.222 e. The molecule has 20 heavy (non-hydrogen) atoms. The molecule has 0 saturated carbocycles. The fourth-order valence-electron chi connectivity index (χ4n) is 2.57. The molecule has 2 rings (SSSR count). The number of nitrogens with zero attached hydrogens (tertiary/aromatic N) is 1. The molecule has 0 aliphatic carbocycles. The average molecular weight is 273 g/mol. The zero-order valence-corrected chi connectivity index (χ0v) is 12.6. The maximum atomic E-state index is 12.0. The second kappa shape index (κ2) is 5.78. The van der Waals surface area contributed by atoms with Crippen molar-refractivity contribution in [1.82, 2.24) is 4.90 Å². The Morgan fingerprint density at radius 2 is 1.90 bits per heavy atom. The van der Waals surface area contributed by atoms with Gasteiger partial charge in [0.2, 0.25) is 5.91 Å². The summed E-state index contributed by atoms with van der Waals surface area (Å²) in [4.78, 5) is 25.9. The van der Waals surface area contributed by atoms with Gasteiger partial charge in [0.15, 0.2) is 5.78 Å². The van der Waals surface area contributed by atoms with Gasteiger partial charge < -0.3 is 4.90 Å². The van der Waals surface area contributed by atoms with Crippen molar-refractivity contribution >= 4 is 11.7 Å². The van der Waals surface area contributed by atoms with E-state index in [0.29, 0.717) is 25.3 Å². The highest BCUT2D eigenvalue weighted by Gasteiger charge is 2.36. The van der Waals surface area contributed by atoms with Crippen LogP contribution in [0.1, 0.15) is 44.0 Å². The molecule has 1 aliphatic heterocycles. The molecule has 1 saturated heterocycles. The maximum Gasteiger partial charge on any atom is 0.222 e. The molecule has 1 aromatic rings. The van der Waals surface area contributed by atoms with Crippen LogP contribution in [0.3, 0.4) is 0 Å². The van der Waals surface area contributed by atoms with Crippen molar-refractivity contribution in [3.63, 3.8) is 0 Å². The third-order valence-electron chi connectivity index (χ3n) is 4.14. The third-order valence-corrected chi connectivity index (χ3v) is 4.14. The number of rotatable bonds is 4. The van der Waals surface area contributed by atoms with Crippen LogP contribution in [0.25, 0.3) is 0 Å². The number of carbonyl (C=O) groups excluding carboxylic acids is 2. The highest BCUT2D eigenvalue weighted by molar-refractivity contribution is 5.96. The Kier molecular flexibility index (Phi) is 4.26. The summed E-state index contributed by atoms with van der Waals surface area (Å²) in [6, 6.07) is 9.28. The Labute approximate surface area is 121 Å². The minimum atomic E-state index is 0.109. The van der Waals surface area contributed by atoms with Gasteiger partial charge in [-0.25, -0.2) is 0 Å². The van der Waals surface area contributed by atoms with Crippen LogP contribution in [0.15, 0.2) is 30.3 Å². The number of benzene rings is 1. The molecule has 1 aromatic carbocycles. The van der Waals surface area contributed by atoms with Crippen molar-refractivity contribution in [1.29, 1.82) is 0 Å². The molecular weight excluding hydrogens is 250 g/mol. The van der Waals surface area contributed by atoms with Gasteiger partial charge in [-0.1, -0.05) is 51.1 Å². The summed E-state index contributed by atoms with van der Waals surface area (Å²) >= 11 is 0. The van der Waals surface area contributed by atoms with Crippen molar-refractivity contribution in [3.05, 3.63) is 35.9 Å². The molecule has 0 radical (unpaired) electrons. The predicted octanol–water partition coefficient (Wildman–Crippen LogP) is 3.15. The first kappa shape index (κ1) is 14.8. The quantitative estimate of drug-likeness (QED) is 0.790. The Balaban J connectivity index is 1.89. The molecule has 0 aromatic heterocycles. The van der Waals surface area contributed by atoms with Gasteiger partial charge in [-0.15, -0.1) is 0 Å². The topological polar surface area (TPSA) is 37.4 Å². The Morgan fingerprint density at radius 1 is 1.25 bits per heavy atom. The van der Waals surface area contributed by atoms with E-state index in [1.54, 1.807) is 0 Å². The van der Waals surface area contributed by atoms with E-state index in [1.165, 1.54) is 0 Å². The van der Waals surface area contributed by atoms with Gasteiger partial charge in [0.1, 0.15) is 0 Å². The first-order valence-electron chi connectivity index (χ1n) is 7.24. The highest BCUT2D eigenvalue weighted by Crippen LogP contribution is 2.34. The molecule has 0 bridgehead atoms. The van der Waals surface area contributed by atoms with Crippen molar-refractivity contribution in [2.24, 2.45) is 11.3 Å². The molecule has 1 amide bonds. The van der Waals surface area contributed by atoms with E-state index < -0.39 is 0 Å². The van der Waals surface area contributed by atoms with Crippen LogP contribution in [0, 0.1) is 11.3 Å². The lowest BCUT2D eigenvalue weighted by Crippen LogP contribution is -2.29. The number of hydrogen-bond acceptors (Lipinski definition) is 2. The van der Waals surface area contributed by atoms with Crippen molar-refractivity contribution in [2.75, 3.05) is 13.1 Å². The lowest BCUT2D eigenvalue weighted by molar-refractivity contribution is -0.127. The molecule has 108 valence electrons. The first-order chi connectivity index (χ1) is 9.38. The van der Waals surface area contributed by atoms with Crippen LogP contribution >= 0.6 is 0 Å². The van der Waals surface area contributed by atoms with Gasteiger partial charge in [0.05, 0.1) is 0 Å². The first-order valence-corrected chi connectivity index (χ1v) is 7.24. The summed E-state index contributed by atoms with van der Waals surface area (Å²) in [5.41, 5.74) is 0.875. The number of carbonyl (C=O) groups is 2. The lowest BCUT2D eigenvalue weighted by Gasteiger charge is -2.26. The zero-order chi connectivity index (χ0) is 14.8. The molecule has 3 heteroatoms. The molecule has 1 unspecified atom stereocenters. The van der Waals surface area contributed by atoms with Crippen molar-refractivity contribution in [2.45, 2.75) is 33.6 Å². The largest absolute Gasteiger partial charge is 0.342 e. The summed E-state index contributed by atoms with van der Waals surface area (Å²) in [5, 5.41) is 0. The van der Waals surface area contributed by atoms with E-state index in [0.717, 1.165) is 12.1 Å². The average Bonchev–Trinajstić information content (AvgIpc) is 2.78. The minimum Gasteiger partial charge on any atom is -0.342 e. The van der Waals surface area contributed by atoms with Gasteiger partial charge in [0.25, 0.3) is 0 Å². The van der Waals surface area contributed by atoms with Crippen LogP contribution in [-0.4, -0.2) is 29.7 Å². The fourth-order valence-corrected chi connectivity index (χ4v) is 2.57. The van der Waals surface area contributed by atoms with Crippen LogP contribution in [0.5, 0.6) is 0 Å². The highest BCUT2D eigenvalue weighted by atomic mass is 16.2. The van der Waals surface area contributed by atoms with Crippen LogP contribution in [-0.2, 0) is 4.79 Å². The summed E-state index contributed by atoms with van der Waals surface area (Å²) < 4.78 is 0. The van der Waals surface area contributed by atoms with Gasteiger partial charge in [-0.05, 0) is 11.3 Å².